The number of hydrogen-bond acceptors (Lipinski definition) is 4. The Labute approximate surface area is 115 Å². The molecule has 0 heterocycles. The molecule has 0 saturated carbocycles. The van der Waals surface area contributed by atoms with Crippen molar-refractivity contribution < 1.29 is 111 Å². The predicted octanol–water partition coefficient (Wildman–Crippen LogP) is -5.82. The van der Waals surface area contributed by atoms with E-state index < -0.39 is 7.82 Å². The Morgan fingerprint density at radius 2 is 1.14 bits per heavy atom. The van der Waals surface area contributed by atoms with Crippen LogP contribution in [0.1, 0.15) is 0 Å². The van der Waals surface area contributed by atoms with Crippen LogP contribution < -0.4 is 66.1 Å². The van der Waals surface area contributed by atoms with Crippen molar-refractivity contribution in [2.45, 2.75) is 0 Å². The first-order chi connectivity index (χ1) is 2.00. The van der Waals surface area contributed by atoms with Gasteiger partial charge in [-0.2, -0.15) is 7.82 Å². The molecule has 0 spiro atoms. The van der Waals surface area contributed by atoms with Crippen LogP contribution in [-0.2, 0) is 4.57 Å². The third-order valence-corrected chi connectivity index (χ3v) is 0. The first kappa shape index (κ1) is 16.6. The fourth-order valence-corrected chi connectivity index (χ4v) is 0. The summed E-state index contributed by atoms with van der Waals surface area (Å²) >= 11 is 0. The van der Waals surface area contributed by atoms with Gasteiger partial charge in [-0.15, -0.1) is 0 Å². The van der Waals surface area contributed by atoms with Gasteiger partial charge in [0.25, 0.3) is 0 Å². The van der Waals surface area contributed by atoms with Crippen LogP contribution in [0.3, 0.4) is 0 Å². The Hall–Kier alpha value is 3.07. The van der Waals surface area contributed by atoms with Gasteiger partial charge in [-0.05, 0) is 0 Å². The second-order valence-electron chi connectivity index (χ2n) is 0.447. The van der Waals surface area contributed by atoms with E-state index in [1.807, 2.05) is 0 Å². The zero-order chi connectivity index (χ0) is 4.50. The van der Waals surface area contributed by atoms with Crippen molar-refractivity contribution in [1.82, 2.24) is 0 Å². The first-order valence-corrected chi connectivity index (χ1v) is 2.19. The average Bonchev–Trinajstić information content (AvgIpc) is 0.722. The molecular weight excluding hydrogens is 366 g/mol. The van der Waals surface area contributed by atoms with Gasteiger partial charge >= 0.3 is 91.3 Å². The Balaban J connectivity index is -0.0000000800. The van der Waals surface area contributed by atoms with E-state index in [1.165, 1.54) is 0 Å². The molecule has 32 valence electrons. The number of rotatable bonds is 0. The summed E-state index contributed by atoms with van der Waals surface area (Å²) in [6.45, 7) is 0. The van der Waals surface area contributed by atoms with Gasteiger partial charge in [0.05, 0.1) is 0 Å². The summed E-state index contributed by atoms with van der Waals surface area (Å²) < 4.78 is 8.55. The molecule has 0 aliphatic rings. The van der Waals surface area contributed by atoms with Crippen LogP contribution in [0.4, 0.5) is 0 Å². The van der Waals surface area contributed by atoms with Gasteiger partial charge in [0.1, 0.15) is 0 Å². The second kappa shape index (κ2) is 7.18. The SMILES string of the molecule is O=P([O-])([O-])[O-].[K+].[Th+4]. The molecule has 0 aromatic rings. The molecule has 0 fully saturated rings. The minimum atomic E-state index is -5.39. The van der Waals surface area contributed by atoms with Crippen LogP contribution in [0.2, 0.25) is 0 Å². The van der Waals surface area contributed by atoms with Crippen molar-refractivity contribution in [3.8, 4) is 0 Å². The topological polar surface area (TPSA) is 86.2 Å². The van der Waals surface area contributed by atoms with Crippen molar-refractivity contribution in [3.63, 3.8) is 0 Å². The molecular formula is KO4PTh+2. The first-order valence-electron chi connectivity index (χ1n) is 0.730. The van der Waals surface area contributed by atoms with Crippen LogP contribution in [0.15, 0.2) is 0 Å². The van der Waals surface area contributed by atoms with Crippen LogP contribution >= 0.6 is 7.82 Å². The fraction of sp³-hybridized carbons (Fsp3) is 0. The van der Waals surface area contributed by atoms with E-state index >= 15 is 0 Å². The van der Waals surface area contributed by atoms with Gasteiger partial charge in [0.2, 0.25) is 0 Å². The zero-order valence-corrected chi connectivity index (χ0v) is 11.7. The molecule has 0 aromatic carbocycles. The van der Waals surface area contributed by atoms with E-state index in [-0.39, 0.29) is 91.3 Å². The maximum Gasteiger partial charge on any atom is 4.00 e. The molecule has 4 nitrogen and oxygen atoms in total. The van der Waals surface area contributed by atoms with Crippen molar-refractivity contribution in [2.24, 2.45) is 0 Å². The summed E-state index contributed by atoms with van der Waals surface area (Å²) in [6.07, 6.45) is 0. The van der Waals surface area contributed by atoms with E-state index in [2.05, 4.69) is 0 Å². The van der Waals surface area contributed by atoms with Crippen molar-refractivity contribution in [2.75, 3.05) is 0 Å². The van der Waals surface area contributed by atoms with Gasteiger partial charge < -0.3 is 19.2 Å². The monoisotopic (exact) mass is 366 g/mol. The molecule has 0 aliphatic heterocycles. The molecule has 7 heteroatoms. The van der Waals surface area contributed by atoms with Crippen LogP contribution in [0.5, 0.6) is 0 Å². The third-order valence-electron chi connectivity index (χ3n) is 0. The van der Waals surface area contributed by atoms with E-state index in [0.29, 0.717) is 0 Å². The summed E-state index contributed by atoms with van der Waals surface area (Å²) in [5.41, 5.74) is 0. The van der Waals surface area contributed by atoms with Crippen LogP contribution in [-0.4, -0.2) is 0 Å². The molecule has 0 N–H and O–H groups in total. The molecule has 0 radical (unpaired) electrons. The summed E-state index contributed by atoms with van der Waals surface area (Å²) in [7, 11) is -5.39. The molecule has 0 aromatic heterocycles. The summed E-state index contributed by atoms with van der Waals surface area (Å²) in [5.74, 6) is 0. The Bertz CT molecular complexity index is 57.8. The van der Waals surface area contributed by atoms with Crippen LogP contribution in [0.25, 0.3) is 0 Å². The zero-order valence-electron chi connectivity index (χ0n) is 3.58. The Morgan fingerprint density at radius 1 is 1.14 bits per heavy atom. The fourth-order valence-electron chi connectivity index (χ4n) is 0. The van der Waals surface area contributed by atoms with E-state index in [0.717, 1.165) is 0 Å². The smallest absolute Gasteiger partial charge is 0.822 e. The van der Waals surface area contributed by atoms with Crippen LogP contribution in [0, 0.1) is 39.9 Å². The minimum absolute atomic E-state index is 0. The Kier molecular flexibility index (Phi) is 17.0. The normalized spacial score (nSPS) is 8.43. The third kappa shape index (κ3) is 48.1. The Morgan fingerprint density at radius 3 is 1.14 bits per heavy atom. The van der Waals surface area contributed by atoms with Gasteiger partial charge in [0.15, 0.2) is 0 Å². The molecule has 0 aliphatic carbocycles. The molecule has 0 amide bonds. The van der Waals surface area contributed by atoms with Gasteiger partial charge in [0, 0.05) is 0 Å². The van der Waals surface area contributed by atoms with Crippen molar-refractivity contribution in [1.29, 1.82) is 0 Å². The van der Waals surface area contributed by atoms with Gasteiger partial charge in [-0.25, -0.2) is 0 Å². The van der Waals surface area contributed by atoms with Crippen molar-refractivity contribution >= 4 is 7.82 Å². The molecule has 0 atom stereocenters. The second-order valence-corrected chi connectivity index (χ2v) is 1.34. The van der Waals surface area contributed by atoms with E-state index in [1.54, 1.807) is 0 Å². The van der Waals surface area contributed by atoms with E-state index in [4.69, 9.17) is 19.2 Å². The molecule has 7 heavy (non-hydrogen) atoms. The standard InChI is InChI=1S/K.H3O4P.Th/c;1-5(2,3)4;/h;(H3,1,2,3,4);/q+1;;+4/p-3. The summed E-state index contributed by atoms with van der Waals surface area (Å²) in [5, 5.41) is 0. The maximum atomic E-state index is 8.55. The maximum absolute atomic E-state index is 8.55. The van der Waals surface area contributed by atoms with E-state index in [9.17, 15) is 0 Å². The molecule has 0 rings (SSSR count). The predicted molar refractivity (Wildman–Crippen MR) is 7.61 cm³/mol. The molecule has 0 saturated heterocycles. The minimum Gasteiger partial charge on any atom is -0.822 e. The van der Waals surface area contributed by atoms with Gasteiger partial charge in [-0.1, -0.05) is 0 Å². The summed E-state index contributed by atoms with van der Waals surface area (Å²) in [6, 6.07) is 0. The quantitative estimate of drug-likeness (QED) is 0.316. The number of hydrogen-bond donors (Lipinski definition) is 0. The van der Waals surface area contributed by atoms with Gasteiger partial charge in [-0.3, -0.25) is 0 Å². The molecule has 0 unspecified atom stereocenters. The van der Waals surface area contributed by atoms with Crippen molar-refractivity contribution in [3.05, 3.63) is 0 Å². The molecule has 0 bridgehead atoms. The largest absolute Gasteiger partial charge is 4.00 e. The summed E-state index contributed by atoms with van der Waals surface area (Å²) in [4.78, 5) is 25.6. The average molecular weight is 366 g/mol. The number of phosphoric acid groups is 1.